The minimum absolute atomic E-state index is 0.0821. The van der Waals surface area contributed by atoms with Crippen molar-refractivity contribution in [2.75, 3.05) is 25.0 Å². The van der Waals surface area contributed by atoms with E-state index in [0.29, 0.717) is 19.6 Å². The summed E-state index contributed by atoms with van der Waals surface area (Å²) in [5.74, 6) is -0.0239. The molecule has 0 radical (unpaired) electrons. The van der Waals surface area contributed by atoms with Crippen LogP contribution in [-0.4, -0.2) is 36.5 Å². The lowest BCUT2D eigenvalue weighted by atomic mass is 9.96. The van der Waals surface area contributed by atoms with Crippen LogP contribution < -0.4 is 10.6 Å². The van der Waals surface area contributed by atoms with Gasteiger partial charge in [0.2, 0.25) is 5.91 Å². The van der Waals surface area contributed by atoms with E-state index in [1.54, 1.807) is 4.90 Å². The number of likely N-dealkylation sites (tertiary alicyclic amines) is 1. The molecule has 1 saturated heterocycles. The normalized spacial score (nSPS) is 20.2. The van der Waals surface area contributed by atoms with Gasteiger partial charge in [0.25, 0.3) is 0 Å². The first-order valence-corrected chi connectivity index (χ1v) is 9.79. The molecule has 0 saturated carbocycles. The van der Waals surface area contributed by atoms with E-state index in [4.69, 9.17) is 0 Å². The molecular formula is C21H29N3O2. The van der Waals surface area contributed by atoms with Crippen LogP contribution in [0.25, 0.3) is 0 Å². The Morgan fingerprint density at radius 1 is 1.12 bits per heavy atom. The molecule has 2 N–H and O–H groups in total. The van der Waals surface area contributed by atoms with Gasteiger partial charge >= 0.3 is 6.03 Å². The van der Waals surface area contributed by atoms with E-state index in [0.717, 1.165) is 24.9 Å². The molecule has 1 aromatic carbocycles. The highest BCUT2D eigenvalue weighted by Gasteiger charge is 2.28. The predicted molar refractivity (Wildman–Crippen MR) is 104 cm³/mol. The number of carbonyl (C=O) groups excluding carboxylic acids is 2. The van der Waals surface area contributed by atoms with Crippen LogP contribution in [-0.2, 0) is 4.79 Å². The first-order valence-electron chi connectivity index (χ1n) is 9.79. The topological polar surface area (TPSA) is 61.4 Å². The summed E-state index contributed by atoms with van der Waals surface area (Å²) in [6.45, 7) is 1.90. The average Bonchev–Trinajstić information content (AvgIpc) is 2.69. The number of allylic oxidation sites excluding steroid dienone is 1. The van der Waals surface area contributed by atoms with E-state index >= 15 is 0 Å². The van der Waals surface area contributed by atoms with Crippen molar-refractivity contribution in [1.82, 2.24) is 10.2 Å². The number of benzene rings is 1. The van der Waals surface area contributed by atoms with E-state index in [-0.39, 0.29) is 17.9 Å². The van der Waals surface area contributed by atoms with Gasteiger partial charge in [0.15, 0.2) is 0 Å². The molecule has 1 atom stereocenters. The van der Waals surface area contributed by atoms with E-state index in [1.807, 2.05) is 30.3 Å². The molecule has 1 aromatic rings. The van der Waals surface area contributed by atoms with Crippen LogP contribution in [0.5, 0.6) is 0 Å². The van der Waals surface area contributed by atoms with Gasteiger partial charge in [0.05, 0.1) is 5.92 Å². The minimum atomic E-state index is -0.124. The number of amides is 3. The Morgan fingerprint density at radius 3 is 2.73 bits per heavy atom. The summed E-state index contributed by atoms with van der Waals surface area (Å²) in [6, 6.07) is 9.31. The number of nitrogens with zero attached hydrogens (tertiary/aromatic N) is 1. The van der Waals surface area contributed by atoms with E-state index in [9.17, 15) is 9.59 Å². The standard InChI is InChI=1S/C21H29N3O2/c25-20(22-14-13-17-8-3-1-4-9-17)18-10-7-15-24(16-18)21(26)23-19-11-5-2-6-12-19/h2,5-6,8,11-12,18H,1,3-4,7,9-10,13-16H2,(H,22,25)(H,23,26). The number of carbonyl (C=O) groups is 2. The molecule has 5 nitrogen and oxygen atoms in total. The van der Waals surface area contributed by atoms with Crippen molar-refractivity contribution >= 4 is 17.6 Å². The second-order valence-corrected chi connectivity index (χ2v) is 7.23. The fourth-order valence-electron chi connectivity index (χ4n) is 3.72. The smallest absolute Gasteiger partial charge is 0.321 e. The maximum Gasteiger partial charge on any atom is 0.321 e. The number of rotatable bonds is 5. The molecule has 1 unspecified atom stereocenters. The van der Waals surface area contributed by atoms with Crippen LogP contribution in [0.15, 0.2) is 42.0 Å². The van der Waals surface area contributed by atoms with Gasteiger partial charge in [-0.2, -0.15) is 0 Å². The summed E-state index contributed by atoms with van der Waals surface area (Å²) in [5, 5.41) is 5.98. The van der Waals surface area contributed by atoms with Crippen molar-refractivity contribution in [2.24, 2.45) is 5.92 Å². The molecule has 1 fully saturated rings. The maximum absolute atomic E-state index is 12.5. The van der Waals surface area contributed by atoms with Crippen molar-refractivity contribution < 1.29 is 9.59 Å². The molecule has 2 aliphatic rings. The molecule has 3 rings (SSSR count). The number of para-hydroxylation sites is 1. The fourth-order valence-corrected chi connectivity index (χ4v) is 3.72. The molecule has 3 amide bonds. The van der Waals surface area contributed by atoms with Gasteiger partial charge in [0.1, 0.15) is 0 Å². The molecular weight excluding hydrogens is 326 g/mol. The van der Waals surface area contributed by atoms with Gasteiger partial charge in [-0.1, -0.05) is 29.8 Å². The van der Waals surface area contributed by atoms with Gasteiger partial charge in [-0.25, -0.2) is 4.79 Å². The zero-order valence-corrected chi connectivity index (χ0v) is 15.4. The van der Waals surface area contributed by atoms with Crippen LogP contribution in [0.3, 0.4) is 0 Å². The first-order chi connectivity index (χ1) is 12.7. The fraction of sp³-hybridized carbons (Fsp3) is 0.524. The quantitative estimate of drug-likeness (QED) is 0.786. The second-order valence-electron chi connectivity index (χ2n) is 7.23. The van der Waals surface area contributed by atoms with Gasteiger partial charge in [-0.15, -0.1) is 0 Å². The SMILES string of the molecule is O=C(NCCC1=CCCCC1)C1CCCN(C(=O)Nc2ccccc2)C1. The molecule has 1 aliphatic heterocycles. The van der Waals surface area contributed by atoms with Gasteiger partial charge < -0.3 is 15.5 Å². The van der Waals surface area contributed by atoms with Gasteiger partial charge in [0, 0.05) is 25.3 Å². The number of hydrogen-bond donors (Lipinski definition) is 2. The number of hydrogen-bond acceptors (Lipinski definition) is 2. The van der Waals surface area contributed by atoms with E-state index < -0.39 is 0 Å². The first kappa shape index (κ1) is 18.5. The Hall–Kier alpha value is -2.30. The lowest BCUT2D eigenvalue weighted by Crippen LogP contribution is -2.47. The van der Waals surface area contributed by atoms with Crippen LogP contribution >= 0.6 is 0 Å². The summed E-state index contributed by atoms with van der Waals surface area (Å²) < 4.78 is 0. The largest absolute Gasteiger partial charge is 0.355 e. The summed E-state index contributed by atoms with van der Waals surface area (Å²) >= 11 is 0. The molecule has 5 heteroatoms. The van der Waals surface area contributed by atoms with Gasteiger partial charge in [-0.05, 0) is 57.1 Å². The third-order valence-electron chi connectivity index (χ3n) is 5.23. The molecule has 0 bridgehead atoms. The van der Waals surface area contributed by atoms with Crippen LogP contribution in [0.1, 0.15) is 44.9 Å². The van der Waals surface area contributed by atoms with Crippen LogP contribution in [0, 0.1) is 5.92 Å². The molecule has 1 heterocycles. The Labute approximate surface area is 155 Å². The lowest BCUT2D eigenvalue weighted by Gasteiger charge is -2.32. The summed E-state index contributed by atoms with van der Waals surface area (Å²) in [6.07, 6.45) is 9.91. The molecule has 26 heavy (non-hydrogen) atoms. The van der Waals surface area contributed by atoms with Crippen molar-refractivity contribution in [3.05, 3.63) is 42.0 Å². The average molecular weight is 355 g/mol. The van der Waals surface area contributed by atoms with Crippen molar-refractivity contribution in [3.63, 3.8) is 0 Å². The third-order valence-corrected chi connectivity index (χ3v) is 5.23. The maximum atomic E-state index is 12.5. The van der Waals surface area contributed by atoms with Crippen LogP contribution in [0.4, 0.5) is 10.5 Å². The molecule has 0 spiro atoms. The Kier molecular flexibility index (Phi) is 6.69. The number of nitrogens with one attached hydrogen (secondary N) is 2. The molecule has 1 aliphatic carbocycles. The van der Waals surface area contributed by atoms with Gasteiger partial charge in [-0.3, -0.25) is 4.79 Å². The predicted octanol–water partition coefficient (Wildman–Crippen LogP) is 3.94. The van der Waals surface area contributed by atoms with Crippen molar-refractivity contribution in [2.45, 2.75) is 44.9 Å². The summed E-state index contributed by atoms with van der Waals surface area (Å²) in [5.41, 5.74) is 2.26. The van der Waals surface area contributed by atoms with Crippen LogP contribution in [0.2, 0.25) is 0 Å². The van der Waals surface area contributed by atoms with Crippen molar-refractivity contribution in [1.29, 1.82) is 0 Å². The second kappa shape index (κ2) is 9.41. The number of anilines is 1. The Morgan fingerprint density at radius 2 is 1.96 bits per heavy atom. The number of urea groups is 1. The highest BCUT2D eigenvalue weighted by molar-refractivity contribution is 5.90. The summed E-state index contributed by atoms with van der Waals surface area (Å²) in [7, 11) is 0. The molecule has 0 aromatic heterocycles. The highest BCUT2D eigenvalue weighted by Crippen LogP contribution is 2.20. The third kappa shape index (κ3) is 5.35. The van der Waals surface area contributed by atoms with E-state index in [2.05, 4.69) is 16.7 Å². The van der Waals surface area contributed by atoms with E-state index in [1.165, 1.54) is 31.3 Å². The zero-order chi connectivity index (χ0) is 18.2. The summed E-state index contributed by atoms with van der Waals surface area (Å²) in [4.78, 5) is 26.7. The zero-order valence-electron chi connectivity index (χ0n) is 15.4. The minimum Gasteiger partial charge on any atom is -0.355 e. The monoisotopic (exact) mass is 355 g/mol. The lowest BCUT2D eigenvalue weighted by molar-refractivity contribution is -0.126. The molecule has 140 valence electrons. The Bertz CT molecular complexity index is 642. The Balaban J connectivity index is 1.44. The highest BCUT2D eigenvalue weighted by atomic mass is 16.2. The van der Waals surface area contributed by atoms with Crippen molar-refractivity contribution in [3.8, 4) is 0 Å². The number of piperidine rings is 1.